The van der Waals surface area contributed by atoms with Crippen LogP contribution in [0.1, 0.15) is 43.7 Å². The highest BCUT2D eigenvalue weighted by Crippen LogP contribution is 2.38. The number of aliphatic hydroxyl groups is 2. The van der Waals surface area contributed by atoms with E-state index in [4.69, 9.17) is 10.5 Å². The quantitative estimate of drug-likeness (QED) is 0.119. The van der Waals surface area contributed by atoms with Crippen LogP contribution in [0.25, 0.3) is 11.2 Å². The molecule has 0 radical (unpaired) electrons. The second kappa shape index (κ2) is 13.4. The summed E-state index contributed by atoms with van der Waals surface area (Å²) in [6.45, 7) is -0.0753. The van der Waals surface area contributed by atoms with Crippen LogP contribution in [0.15, 0.2) is 6.33 Å². The molecule has 3 aliphatic rings. The Morgan fingerprint density at radius 2 is 2.02 bits per heavy atom. The molecule has 5 heterocycles. The van der Waals surface area contributed by atoms with Crippen LogP contribution in [0.4, 0.5) is 10.6 Å². The summed E-state index contributed by atoms with van der Waals surface area (Å²) < 4.78 is 7.40. The number of carbonyl (C=O) groups excluding carboxylic acids is 1. The van der Waals surface area contributed by atoms with E-state index < -0.39 is 48.4 Å². The van der Waals surface area contributed by atoms with Crippen LogP contribution in [-0.4, -0.2) is 124 Å². The third kappa shape index (κ3) is 6.48. The Morgan fingerprint density at radius 3 is 2.74 bits per heavy atom. The maximum atomic E-state index is 12.6. The number of amides is 2. The number of carbonyl (C=O) groups is 3. The third-order valence-electron chi connectivity index (χ3n) is 8.13. The number of imidazole rings is 1. The van der Waals surface area contributed by atoms with Crippen molar-refractivity contribution in [1.82, 2.24) is 35.5 Å². The second-order valence-corrected chi connectivity index (χ2v) is 13.1. The van der Waals surface area contributed by atoms with Gasteiger partial charge >= 0.3 is 18.0 Å². The molecule has 0 aromatic carbocycles. The first-order valence-corrected chi connectivity index (χ1v) is 16.4. The molecule has 1 unspecified atom stereocenters. The lowest BCUT2D eigenvalue weighted by atomic mass is 9.97. The van der Waals surface area contributed by atoms with Crippen LogP contribution < -0.4 is 21.7 Å². The highest BCUT2D eigenvalue weighted by atomic mass is 32.2. The molecule has 0 aliphatic carbocycles. The van der Waals surface area contributed by atoms with Crippen LogP contribution in [0.3, 0.4) is 0 Å². The first kappa shape index (κ1) is 31.5. The van der Waals surface area contributed by atoms with Gasteiger partial charge in [0, 0.05) is 17.5 Å². The molecule has 43 heavy (non-hydrogen) atoms. The SMILES string of the molecule is CSCC[C@H](NC[C@H]1O[C@@H](n2c(C(CCC[C@@H]3SC[C@@H]4NC(=O)N[C@@H]43)C(=O)O)nc3c(N)ncnc32)[C@H](O)[C@@H]1O)C(=O)O. The second-order valence-electron chi connectivity index (χ2n) is 10.8. The van der Waals surface area contributed by atoms with Crippen molar-refractivity contribution in [3.63, 3.8) is 0 Å². The topological polar surface area (TPSA) is 247 Å². The van der Waals surface area contributed by atoms with Gasteiger partial charge in [-0.05, 0) is 31.3 Å². The van der Waals surface area contributed by atoms with Gasteiger partial charge in [0.25, 0.3) is 0 Å². The summed E-state index contributed by atoms with van der Waals surface area (Å²) in [4.78, 5) is 48.7. The smallest absolute Gasteiger partial charge is 0.320 e. The van der Waals surface area contributed by atoms with Crippen LogP contribution in [-0.2, 0) is 14.3 Å². The number of carboxylic acids is 2. The molecule has 2 aromatic rings. The van der Waals surface area contributed by atoms with E-state index in [9.17, 15) is 34.8 Å². The number of fused-ring (bicyclic) bond motifs is 2. The van der Waals surface area contributed by atoms with E-state index in [0.29, 0.717) is 25.0 Å². The molecule has 0 saturated carbocycles. The molecule has 0 bridgehead atoms. The van der Waals surface area contributed by atoms with Crippen molar-refractivity contribution in [1.29, 1.82) is 0 Å². The summed E-state index contributed by atoms with van der Waals surface area (Å²) in [6, 6.07) is -1.04. The highest BCUT2D eigenvalue weighted by Gasteiger charge is 2.47. The number of hydrogen-bond acceptors (Lipinski definition) is 13. The average Bonchev–Trinajstić information content (AvgIpc) is 3.70. The normalized spacial score (nSPS) is 29.7. The molecule has 18 heteroatoms. The number of thioether (sulfide) groups is 2. The van der Waals surface area contributed by atoms with Gasteiger partial charge in [0.05, 0.1) is 12.1 Å². The Balaban J connectivity index is 1.37. The molecule has 0 spiro atoms. The van der Waals surface area contributed by atoms with Crippen molar-refractivity contribution in [3.8, 4) is 0 Å². The number of hydrogen-bond donors (Lipinski definition) is 8. The molecule has 5 rings (SSSR count). The van der Waals surface area contributed by atoms with E-state index in [-0.39, 0.29) is 59.1 Å². The molecule has 9 atom stereocenters. The van der Waals surface area contributed by atoms with E-state index in [1.165, 1.54) is 22.7 Å². The number of nitrogens with zero attached hydrogens (tertiary/aromatic N) is 4. The number of nitrogens with two attached hydrogens (primary N) is 1. The fourth-order valence-electron chi connectivity index (χ4n) is 5.89. The number of nitrogens with one attached hydrogen (secondary N) is 3. The number of urea groups is 1. The molecule has 3 fully saturated rings. The van der Waals surface area contributed by atoms with E-state index in [2.05, 4.69) is 30.9 Å². The summed E-state index contributed by atoms with van der Waals surface area (Å²) in [5.41, 5.74) is 6.32. The van der Waals surface area contributed by atoms with Gasteiger partial charge < -0.3 is 46.8 Å². The molecule has 3 saturated heterocycles. The van der Waals surface area contributed by atoms with Crippen molar-refractivity contribution < 1.29 is 39.5 Å². The van der Waals surface area contributed by atoms with E-state index in [0.717, 1.165) is 5.75 Å². The zero-order valence-corrected chi connectivity index (χ0v) is 25.0. The van der Waals surface area contributed by atoms with Gasteiger partial charge in [-0.2, -0.15) is 23.5 Å². The minimum Gasteiger partial charge on any atom is -0.481 e. The fraction of sp³-hybridized carbons (Fsp3) is 0.680. The van der Waals surface area contributed by atoms with Crippen LogP contribution in [0.5, 0.6) is 0 Å². The molecule has 236 valence electrons. The molecule has 9 N–H and O–H groups in total. The number of aromatic nitrogens is 4. The third-order valence-corrected chi connectivity index (χ3v) is 10.3. The first-order valence-electron chi connectivity index (χ1n) is 14.0. The maximum absolute atomic E-state index is 12.6. The highest BCUT2D eigenvalue weighted by molar-refractivity contribution is 8.00. The molecule has 16 nitrogen and oxygen atoms in total. The Labute approximate surface area is 254 Å². The van der Waals surface area contributed by atoms with Gasteiger partial charge in [-0.25, -0.2) is 19.7 Å². The first-order chi connectivity index (χ1) is 20.6. The van der Waals surface area contributed by atoms with E-state index in [1.807, 2.05) is 6.26 Å². The molecular weight excluding hydrogens is 604 g/mol. The Hall–Kier alpha value is -2.90. The predicted octanol–water partition coefficient (Wildman–Crippen LogP) is -0.672. The molecule has 3 aliphatic heterocycles. The van der Waals surface area contributed by atoms with Crippen molar-refractivity contribution >= 4 is 58.5 Å². The van der Waals surface area contributed by atoms with Gasteiger partial charge in [-0.15, -0.1) is 0 Å². The number of ether oxygens (including phenoxy) is 1. The van der Waals surface area contributed by atoms with Crippen molar-refractivity contribution in [2.75, 3.05) is 30.0 Å². The number of rotatable bonds is 14. The summed E-state index contributed by atoms with van der Waals surface area (Å²) in [6.07, 6.45) is -0.444. The number of aliphatic hydroxyl groups excluding tert-OH is 2. The van der Waals surface area contributed by atoms with Crippen molar-refractivity contribution in [3.05, 3.63) is 12.2 Å². The lowest BCUT2D eigenvalue weighted by molar-refractivity contribution is -0.140. The number of carboxylic acid groups (broad SMARTS) is 2. The van der Waals surface area contributed by atoms with Gasteiger partial charge in [0.2, 0.25) is 0 Å². The fourth-order valence-corrected chi connectivity index (χ4v) is 7.90. The lowest BCUT2D eigenvalue weighted by Gasteiger charge is -2.23. The van der Waals surface area contributed by atoms with Crippen molar-refractivity contribution in [2.24, 2.45) is 0 Å². The summed E-state index contributed by atoms with van der Waals surface area (Å²) >= 11 is 3.24. The minimum absolute atomic E-state index is 0.0105. The number of aliphatic carboxylic acids is 2. The minimum atomic E-state index is -1.51. The van der Waals surface area contributed by atoms with E-state index >= 15 is 0 Å². The Bertz CT molecular complexity index is 1350. The van der Waals surface area contributed by atoms with Gasteiger partial charge in [-0.1, -0.05) is 6.42 Å². The Morgan fingerprint density at radius 1 is 1.23 bits per heavy atom. The van der Waals surface area contributed by atoms with Crippen LogP contribution in [0.2, 0.25) is 0 Å². The lowest BCUT2D eigenvalue weighted by Crippen LogP contribution is -2.44. The zero-order valence-electron chi connectivity index (χ0n) is 23.3. The summed E-state index contributed by atoms with van der Waals surface area (Å²) in [7, 11) is 0. The molecule has 2 amide bonds. The van der Waals surface area contributed by atoms with Gasteiger partial charge in [0.15, 0.2) is 23.2 Å². The summed E-state index contributed by atoms with van der Waals surface area (Å²) in [5.74, 6) is -1.90. The predicted molar refractivity (Wildman–Crippen MR) is 158 cm³/mol. The average molecular weight is 641 g/mol. The van der Waals surface area contributed by atoms with Gasteiger partial charge in [0.1, 0.15) is 42.4 Å². The number of anilines is 1. The van der Waals surface area contributed by atoms with Crippen LogP contribution >= 0.6 is 23.5 Å². The molecular formula is C25H36N8O8S2. The van der Waals surface area contributed by atoms with Crippen LogP contribution in [0, 0.1) is 0 Å². The Kier molecular flexibility index (Phi) is 9.82. The monoisotopic (exact) mass is 640 g/mol. The number of nitrogen functional groups attached to an aromatic ring is 1. The molecule has 2 aromatic heterocycles. The maximum Gasteiger partial charge on any atom is 0.320 e. The zero-order chi connectivity index (χ0) is 30.8. The standard InChI is InChI=1S/C25H36N8O8S2/c1-42-6-5-11(24(38)39)27-7-13-17(34)18(35)22(41-13)33-20(31-16-19(26)28-9-29-21(16)33)10(23(36)37)3-2-4-14-15-12(8-43-14)30-25(40)32-15/h9-15,17-18,22,27,34-35H,2-8H2,1H3,(H,36,37)(H,38,39)(H2,26,28,29)(H2,30,32,40)/t10?,11-,12-,13+,14-,15-,17+,18+,22+/m0/s1. The summed E-state index contributed by atoms with van der Waals surface area (Å²) in [5, 5.41) is 50.6. The largest absolute Gasteiger partial charge is 0.481 e. The van der Waals surface area contributed by atoms with Gasteiger partial charge in [-0.3, -0.25) is 14.2 Å². The van der Waals surface area contributed by atoms with Crippen molar-refractivity contribution in [2.45, 2.75) is 79.5 Å². The van der Waals surface area contributed by atoms with E-state index in [1.54, 1.807) is 11.8 Å².